The Morgan fingerprint density at radius 3 is 2.34 bits per heavy atom. The van der Waals surface area contributed by atoms with Crippen LogP contribution in [0.5, 0.6) is 5.75 Å². The molecule has 3 aromatic rings. The molecule has 0 aliphatic carbocycles. The number of methoxy groups -OCH3 is 1. The molecule has 3 N–H and O–H groups in total. The Morgan fingerprint density at radius 2 is 1.66 bits per heavy atom. The summed E-state index contributed by atoms with van der Waals surface area (Å²) in [5.41, 5.74) is 9.16. The number of nitrogens with two attached hydrogens (primary N) is 1. The minimum Gasteiger partial charge on any atom is -0.497 e. The van der Waals surface area contributed by atoms with Crippen LogP contribution in [0.15, 0.2) is 48.9 Å². The molecule has 0 radical (unpaired) electrons. The van der Waals surface area contributed by atoms with Crippen LogP contribution in [-0.4, -0.2) is 48.2 Å². The van der Waals surface area contributed by atoms with E-state index in [-0.39, 0.29) is 0 Å². The van der Waals surface area contributed by atoms with E-state index in [1.165, 1.54) is 5.69 Å². The molecule has 8 nitrogen and oxygen atoms in total. The van der Waals surface area contributed by atoms with Crippen LogP contribution in [0.25, 0.3) is 0 Å². The maximum atomic E-state index is 6.41. The van der Waals surface area contributed by atoms with Gasteiger partial charge in [0.15, 0.2) is 11.6 Å². The summed E-state index contributed by atoms with van der Waals surface area (Å²) < 4.78 is 5.24. The Morgan fingerprint density at radius 1 is 0.931 bits per heavy atom. The average molecular weight is 391 g/mol. The molecule has 150 valence electrons. The predicted octanol–water partition coefficient (Wildman–Crippen LogP) is 2.84. The van der Waals surface area contributed by atoms with Gasteiger partial charge in [0.1, 0.15) is 23.6 Å². The summed E-state index contributed by atoms with van der Waals surface area (Å²) in [7, 11) is 1.68. The Kier molecular flexibility index (Phi) is 5.33. The lowest BCUT2D eigenvalue weighted by Gasteiger charge is -2.37. The topological polar surface area (TPSA) is 92.4 Å². The van der Waals surface area contributed by atoms with E-state index in [1.807, 2.05) is 31.2 Å². The molecule has 8 heteroatoms. The molecule has 0 atom stereocenters. The number of rotatable bonds is 5. The van der Waals surface area contributed by atoms with E-state index in [4.69, 9.17) is 10.5 Å². The number of nitrogens with zero attached hydrogens (tertiary/aromatic N) is 5. The highest BCUT2D eigenvalue weighted by atomic mass is 16.5. The second kappa shape index (κ2) is 8.22. The van der Waals surface area contributed by atoms with Gasteiger partial charge >= 0.3 is 0 Å². The van der Waals surface area contributed by atoms with E-state index in [1.54, 1.807) is 19.6 Å². The molecule has 29 heavy (non-hydrogen) atoms. The number of nitrogen functional groups attached to an aromatic ring is 1. The second-order valence-corrected chi connectivity index (χ2v) is 6.93. The molecule has 0 saturated carbocycles. The zero-order valence-electron chi connectivity index (χ0n) is 16.7. The van der Waals surface area contributed by atoms with Crippen LogP contribution in [0.3, 0.4) is 0 Å². The lowest BCUT2D eigenvalue weighted by Crippen LogP contribution is -2.47. The van der Waals surface area contributed by atoms with Crippen LogP contribution in [0.4, 0.5) is 28.8 Å². The van der Waals surface area contributed by atoms with Crippen molar-refractivity contribution in [2.45, 2.75) is 6.92 Å². The molecule has 4 rings (SSSR count). The van der Waals surface area contributed by atoms with Crippen molar-refractivity contribution in [2.75, 3.05) is 54.1 Å². The highest BCUT2D eigenvalue weighted by molar-refractivity contribution is 5.78. The van der Waals surface area contributed by atoms with Crippen LogP contribution in [-0.2, 0) is 0 Å². The maximum absolute atomic E-state index is 6.41. The van der Waals surface area contributed by atoms with Gasteiger partial charge in [-0.1, -0.05) is 6.07 Å². The van der Waals surface area contributed by atoms with Crippen molar-refractivity contribution < 1.29 is 4.74 Å². The minimum absolute atomic E-state index is 0.537. The first-order chi connectivity index (χ1) is 14.2. The molecule has 1 fully saturated rings. The first-order valence-corrected chi connectivity index (χ1v) is 9.59. The number of anilines is 5. The first kappa shape index (κ1) is 18.8. The summed E-state index contributed by atoms with van der Waals surface area (Å²) in [5, 5.41) is 3.23. The Balaban J connectivity index is 1.46. The van der Waals surface area contributed by atoms with Gasteiger partial charge in [0.25, 0.3) is 0 Å². The lowest BCUT2D eigenvalue weighted by atomic mass is 10.2. The third-order valence-corrected chi connectivity index (χ3v) is 5.13. The number of benzene rings is 1. The number of ether oxygens (including phenoxy) is 1. The molecule has 1 aliphatic heterocycles. The zero-order chi connectivity index (χ0) is 20.2. The number of pyridine rings is 1. The fourth-order valence-electron chi connectivity index (χ4n) is 3.44. The highest BCUT2D eigenvalue weighted by Gasteiger charge is 2.22. The molecule has 1 aliphatic rings. The number of hydrogen-bond acceptors (Lipinski definition) is 8. The van der Waals surface area contributed by atoms with E-state index in [0.29, 0.717) is 11.5 Å². The summed E-state index contributed by atoms with van der Waals surface area (Å²) in [6.07, 6.45) is 3.29. The van der Waals surface area contributed by atoms with Gasteiger partial charge in [-0.3, -0.25) is 0 Å². The van der Waals surface area contributed by atoms with Crippen LogP contribution in [0.2, 0.25) is 0 Å². The molecule has 0 spiro atoms. The fraction of sp³-hybridized carbons (Fsp3) is 0.286. The largest absolute Gasteiger partial charge is 0.497 e. The fourth-order valence-corrected chi connectivity index (χ4v) is 3.44. The van der Waals surface area contributed by atoms with Gasteiger partial charge in [0.05, 0.1) is 7.11 Å². The van der Waals surface area contributed by atoms with Crippen molar-refractivity contribution in [1.82, 2.24) is 15.0 Å². The summed E-state index contributed by atoms with van der Waals surface area (Å²) in [6.45, 7) is 5.42. The Hall–Kier alpha value is -3.55. The number of aryl methyl sites for hydroxylation is 1. The normalized spacial score (nSPS) is 14.0. The van der Waals surface area contributed by atoms with Crippen molar-refractivity contribution in [2.24, 2.45) is 0 Å². The van der Waals surface area contributed by atoms with E-state index in [0.717, 1.165) is 49.1 Å². The monoisotopic (exact) mass is 391 g/mol. The SMILES string of the molecule is COc1ccc(N2CCN(c3ncnc(Nc4ncccc4C)c3N)CC2)cc1. The Bertz CT molecular complexity index is 969. The molecule has 1 aromatic carbocycles. The van der Waals surface area contributed by atoms with E-state index >= 15 is 0 Å². The van der Waals surface area contributed by atoms with Crippen molar-refractivity contribution in [3.63, 3.8) is 0 Å². The quantitative estimate of drug-likeness (QED) is 0.686. The minimum atomic E-state index is 0.537. The summed E-state index contributed by atoms with van der Waals surface area (Å²) >= 11 is 0. The second-order valence-electron chi connectivity index (χ2n) is 6.93. The van der Waals surface area contributed by atoms with Gasteiger partial charge in [0, 0.05) is 38.1 Å². The van der Waals surface area contributed by atoms with E-state index in [2.05, 4.69) is 42.2 Å². The summed E-state index contributed by atoms with van der Waals surface area (Å²) in [6, 6.07) is 12.0. The van der Waals surface area contributed by atoms with Gasteiger partial charge < -0.3 is 25.6 Å². The number of piperazine rings is 1. The van der Waals surface area contributed by atoms with Gasteiger partial charge in [0.2, 0.25) is 0 Å². The first-order valence-electron chi connectivity index (χ1n) is 9.59. The molecule has 0 amide bonds. The van der Waals surface area contributed by atoms with Crippen LogP contribution < -0.4 is 25.6 Å². The van der Waals surface area contributed by atoms with Crippen molar-refractivity contribution in [1.29, 1.82) is 0 Å². The number of hydrogen-bond donors (Lipinski definition) is 2. The van der Waals surface area contributed by atoms with Crippen molar-refractivity contribution in [3.8, 4) is 5.75 Å². The third kappa shape index (κ3) is 4.01. The Labute approximate surface area is 170 Å². The predicted molar refractivity (Wildman–Crippen MR) is 116 cm³/mol. The smallest absolute Gasteiger partial charge is 0.160 e. The van der Waals surface area contributed by atoms with Crippen LogP contribution in [0.1, 0.15) is 5.56 Å². The average Bonchev–Trinajstić information content (AvgIpc) is 2.77. The van der Waals surface area contributed by atoms with Crippen molar-refractivity contribution in [3.05, 3.63) is 54.5 Å². The molecule has 0 unspecified atom stereocenters. The third-order valence-electron chi connectivity index (χ3n) is 5.13. The van der Waals surface area contributed by atoms with Gasteiger partial charge in [-0.05, 0) is 42.8 Å². The molecule has 2 aromatic heterocycles. The van der Waals surface area contributed by atoms with E-state index in [9.17, 15) is 0 Å². The van der Waals surface area contributed by atoms with Crippen LogP contribution in [0, 0.1) is 6.92 Å². The maximum Gasteiger partial charge on any atom is 0.160 e. The molecule has 0 bridgehead atoms. The van der Waals surface area contributed by atoms with Gasteiger partial charge in [-0.15, -0.1) is 0 Å². The number of nitrogens with one attached hydrogen (secondary N) is 1. The number of aromatic nitrogens is 3. The molecular formula is C21H25N7O. The van der Waals surface area contributed by atoms with Crippen LogP contribution >= 0.6 is 0 Å². The van der Waals surface area contributed by atoms with Gasteiger partial charge in [-0.25, -0.2) is 15.0 Å². The summed E-state index contributed by atoms with van der Waals surface area (Å²) in [5.74, 6) is 2.94. The molecular weight excluding hydrogens is 366 g/mol. The van der Waals surface area contributed by atoms with Crippen molar-refractivity contribution >= 4 is 28.8 Å². The summed E-state index contributed by atoms with van der Waals surface area (Å²) in [4.78, 5) is 17.7. The standard InChI is InChI=1S/C21H25N7O/c1-15-4-3-9-23-19(15)26-20-18(22)21(25-14-24-20)28-12-10-27(11-13-28)16-5-7-17(29-2)8-6-16/h3-9,14H,10-13,22H2,1-2H3,(H,23,24,25,26). The highest BCUT2D eigenvalue weighted by Crippen LogP contribution is 2.30. The molecule has 3 heterocycles. The molecule has 1 saturated heterocycles. The van der Waals surface area contributed by atoms with E-state index < -0.39 is 0 Å². The lowest BCUT2D eigenvalue weighted by molar-refractivity contribution is 0.415. The zero-order valence-corrected chi connectivity index (χ0v) is 16.7. The van der Waals surface area contributed by atoms with Gasteiger partial charge in [-0.2, -0.15) is 0 Å².